The monoisotopic (exact) mass is 338 g/mol. The number of benzene rings is 2. The summed E-state index contributed by atoms with van der Waals surface area (Å²) in [6, 6.07) is 14.6. The topological polar surface area (TPSA) is 32.8 Å². The van der Waals surface area contributed by atoms with Gasteiger partial charge in [0.2, 0.25) is 0 Å². The summed E-state index contributed by atoms with van der Waals surface area (Å²) in [5, 5.41) is 2.25. The molecule has 0 N–H and O–H groups in total. The molecule has 132 valence electrons. The number of hydrogen-bond donors (Lipinski definition) is 0. The zero-order valence-corrected chi connectivity index (χ0v) is 14.7. The van der Waals surface area contributed by atoms with Crippen molar-refractivity contribution in [2.75, 3.05) is 26.2 Å². The Morgan fingerprint density at radius 2 is 1.60 bits per heavy atom. The third kappa shape index (κ3) is 3.79. The van der Waals surface area contributed by atoms with Crippen molar-refractivity contribution in [3.05, 3.63) is 42.5 Å². The lowest BCUT2D eigenvalue weighted by Gasteiger charge is -2.39. The first kappa shape index (κ1) is 16.4. The Morgan fingerprint density at radius 3 is 2.36 bits per heavy atom. The van der Waals surface area contributed by atoms with Crippen LogP contribution in [-0.2, 0) is 0 Å². The molecule has 4 heteroatoms. The Kier molecular flexibility index (Phi) is 4.88. The number of ether oxygens (including phenoxy) is 1. The van der Waals surface area contributed by atoms with Crippen LogP contribution < -0.4 is 4.74 Å². The first-order chi connectivity index (χ1) is 12.3. The molecule has 1 amide bonds. The number of piperidine rings is 2. The summed E-state index contributed by atoms with van der Waals surface area (Å²) in [5.74, 6) is 0.627. The minimum absolute atomic E-state index is 0.215. The van der Waals surface area contributed by atoms with Crippen LogP contribution in [-0.4, -0.2) is 48.1 Å². The second-order valence-corrected chi connectivity index (χ2v) is 7.19. The molecular weight excluding hydrogens is 312 g/mol. The van der Waals surface area contributed by atoms with E-state index in [0.29, 0.717) is 11.8 Å². The molecule has 2 aliphatic heterocycles. The van der Waals surface area contributed by atoms with Gasteiger partial charge in [-0.3, -0.25) is 0 Å². The van der Waals surface area contributed by atoms with E-state index >= 15 is 0 Å². The van der Waals surface area contributed by atoms with Crippen molar-refractivity contribution in [2.24, 2.45) is 0 Å². The number of amides is 1. The maximum Gasteiger partial charge on any atom is 0.415 e. The molecule has 0 spiro atoms. The molecule has 0 bridgehead atoms. The maximum absolute atomic E-state index is 12.5. The predicted octanol–water partition coefficient (Wildman–Crippen LogP) is 4.29. The van der Waals surface area contributed by atoms with Crippen molar-refractivity contribution in [3.63, 3.8) is 0 Å². The van der Waals surface area contributed by atoms with Crippen molar-refractivity contribution < 1.29 is 9.53 Å². The molecule has 2 aliphatic rings. The van der Waals surface area contributed by atoms with Gasteiger partial charge in [-0.25, -0.2) is 4.79 Å². The fourth-order valence-corrected chi connectivity index (χ4v) is 4.09. The highest BCUT2D eigenvalue weighted by molar-refractivity contribution is 5.84. The molecular formula is C21H26N2O2. The number of hydrogen-bond acceptors (Lipinski definition) is 3. The van der Waals surface area contributed by atoms with Gasteiger partial charge >= 0.3 is 6.09 Å². The summed E-state index contributed by atoms with van der Waals surface area (Å²) in [7, 11) is 0. The van der Waals surface area contributed by atoms with Crippen molar-refractivity contribution in [2.45, 2.75) is 38.1 Å². The van der Waals surface area contributed by atoms with Gasteiger partial charge in [0.15, 0.2) is 0 Å². The molecule has 0 saturated carbocycles. The van der Waals surface area contributed by atoms with Gasteiger partial charge in [-0.1, -0.05) is 36.8 Å². The standard InChI is InChI=1S/C21H26N2O2/c24-21(25-20-9-8-17-6-2-3-7-18(17)16-20)23-14-10-19(11-15-23)22-12-4-1-5-13-22/h2-3,6-9,16,19H,1,4-5,10-15H2. The van der Waals surface area contributed by atoms with E-state index in [9.17, 15) is 4.79 Å². The van der Waals surface area contributed by atoms with E-state index in [-0.39, 0.29) is 6.09 Å². The second kappa shape index (κ2) is 7.44. The Balaban J connectivity index is 1.33. The summed E-state index contributed by atoms with van der Waals surface area (Å²) < 4.78 is 5.62. The molecule has 2 fully saturated rings. The minimum Gasteiger partial charge on any atom is -0.410 e. The third-order valence-electron chi connectivity index (χ3n) is 5.56. The van der Waals surface area contributed by atoms with Crippen LogP contribution in [0.5, 0.6) is 5.75 Å². The highest BCUT2D eigenvalue weighted by atomic mass is 16.6. The van der Waals surface area contributed by atoms with Crippen LogP contribution >= 0.6 is 0 Å². The first-order valence-electron chi connectivity index (χ1n) is 9.49. The average Bonchev–Trinajstić information content (AvgIpc) is 2.69. The third-order valence-corrected chi connectivity index (χ3v) is 5.56. The van der Waals surface area contributed by atoms with Crippen LogP contribution in [0, 0.1) is 0 Å². The lowest BCUT2D eigenvalue weighted by molar-refractivity contribution is 0.0878. The van der Waals surface area contributed by atoms with Crippen LogP contribution in [0.3, 0.4) is 0 Å². The van der Waals surface area contributed by atoms with Crippen LogP contribution in [0.25, 0.3) is 10.8 Å². The number of carbonyl (C=O) groups is 1. The molecule has 2 aromatic rings. The van der Waals surface area contributed by atoms with E-state index in [4.69, 9.17) is 4.74 Å². The smallest absolute Gasteiger partial charge is 0.410 e. The van der Waals surface area contributed by atoms with Crippen molar-refractivity contribution in [3.8, 4) is 5.75 Å². The van der Waals surface area contributed by atoms with Gasteiger partial charge in [-0.05, 0) is 61.7 Å². The Hall–Kier alpha value is -2.07. The van der Waals surface area contributed by atoms with E-state index in [0.717, 1.165) is 36.7 Å². The summed E-state index contributed by atoms with van der Waals surface area (Å²) in [6.07, 6.45) is 5.92. The summed E-state index contributed by atoms with van der Waals surface area (Å²) in [4.78, 5) is 17.0. The van der Waals surface area contributed by atoms with Crippen LogP contribution in [0.1, 0.15) is 32.1 Å². The highest BCUT2D eigenvalue weighted by Gasteiger charge is 2.28. The van der Waals surface area contributed by atoms with Crippen molar-refractivity contribution in [1.82, 2.24) is 9.80 Å². The number of carbonyl (C=O) groups excluding carboxylic acids is 1. The average molecular weight is 338 g/mol. The first-order valence-corrected chi connectivity index (χ1v) is 9.49. The van der Waals surface area contributed by atoms with Gasteiger partial charge in [-0.15, -0.1) is 0 Å². The summed E-state index contributed by atoms with van der Waals surface area (Å²) in [6.45, 7) is 4.06. The Bertz CT molecular complexity index is 732. The molecule has 4 nitrogen and oxygen atoms in total. The van der Waals surface area contributed by atoms with Gasteiger partial charge < -0.3 is 14.5 Å². The zero-order valence-electron chi connectivity index (χ0n) is 14.7. The molecule has 0 atom stereocenters. The lowest BCUT2D eigenvalue weighted by Crippen LogP contribution is -2.48. The summed E-state index contributed by atoms with van der Waals surface area (Å²) in [5.41, 5.74) is 0. The fraction of sp³-hybridized carbons (Fsp3) is 0.476. The second-order valence-electron chi connectivity index (χ2n) is 7.19. The number of fused-ring (bicyclic) bond motifs is 1. The molecule has 4 rings (SSSR count). The molecule has 0 aromatic heterocycles. The Morgan fingerprint density at radius 1 is 0.880 bits per heavy atom. The van der Waals surface area contributed by atoms with E-state index < -0.39 is 0 Å². The minimum atomic E-state index is -0.215. The van der Waals surface area contributed by atoms with E-state index in [1.807, 2.05) is 41.3 Å². The van der Waals surface area contributed by atoms with Crippen molar-refractivity contribution in [1.29, 1.82) is 0 Å². The van der Waals surface area contributed by atoms with Crippen LogP contribution in [0.15, 0.2) is 42.5 Å². The van der Waals surface area contributed by atoms with Gasteiger partial charge in [0, 0.05) is 19.1 Å². The molecule has 2 saturated heterocycles. The largest absolute Gasteiger partial charge is 0.415 e. The predicted molar refractivity (Wildman–Crippen MR) is 100.0 cm³/mol. The number of rotatable bonds is 2. The SMILES string of the molecule is O=C(Oc1ccc2ccccc2c1)N1CCC(N2CCCCC2)CC1. The van der Waals surface area contributed by atoms with Gasteiger partial charge in [0.25, 0.3) is 0 Å². The molecule has 0 aliphatic carbocycles. The summed E-state index contributed by atoms with van der Waals surface area (Å²) >= 11 is 0. The van der Waals surface area contributed by atoms with Crippen molar-refractivity contribution >= 4 is 16.9 Å². The molecule has 0 radical (unpaired) electrons. The fourth-order valence-electron chi connectivity index (χ4n) is 4.09. The van der Waals surface area contributed by atoms with Gasteiger partial charge in [-0.2, -0.15) is 0 Å². The van der Waals surface area contributed by atoms with Crippen LogP contribution in [0.4, 0.5) is 4.79 Å². The van der Waals surface area contributed by atoms with Gasteiger partial charge in [0.05, 0.1) is 0 Å². The molecule has 2 heterocycles. The lowest BCUT2D eigenvalue weighted by atomic mass is 10.0. The van der Waals surface area contributed by atoms with E-state index in [1.54, 1.807) is 0 Å². The number of nitrogens with zero attached hydrogens (tertiary/aromatic N) is 2. The molecule has 25 heavy (non-hydrogen) atoms. The maximum atomic E-state index is 12.5. The molecule has 2 aromatic carbocycles. The van der Waals surface area contributed by atoms with Crippen LogP contribution in [0.2, 0.25) is 0 Å². The Labute approximate surface area is 149 Å². The number of likely N-dealkylation sites (tertiary alicyclic amines) is 2. The zero-order chi connectivity index (χ0) is 17.1. The molecule has 0 unspecified atom stereocenters. The van der Waals surface area contributed by atoms with Gasteiger partial charge in [0.1, 0.15) is 5.75 Å². The van der Waals surface area contributed by atoms with E-state index in [1.165, 1.54) is 32.4 Å². The quantitative estimate of drug-likeness (QED) is 0.819. The van der Waals surface area contributed by atoms with E-state index in [2.05, 4.69) is 11.0 Å². The normalized spacial score (nSPS) is 19.9. The highest BCUT2D eigenvalue weighted by Crippen LogP contribution is 2.23.